The molecule has 2 aromatic rings. The summed E-state index contributed by atoms with van der Waals surface area (Å²) in [5.74, 6) is -0.644. The van der Waals surface area contributed by atoms with Crippen molar-refractivity contribution in [3.63, 3.8) is 0 Å². The van der Waals surface area contributed by atoms with Gasteiger partial charge in [0, 0.05) is 5.56 Å². The van der Waals surface area contributed by atoms with Crippen molar-refractivity contribution in [2.75, 3.05) is 6.61 Å². The van der Waals surface area contributed by atoms with Crippen molar-refractivity contribution in [2.45, 2.75) is 50.8 Å². The van der Waals surface area contributed by atoms with Crippen LogP contribution in [0.2, 0.25) is 0 Å². The first kappa shape index (κ1) is 20.0. The maximum atomic E-state index is 12.3. The zero-order valence-corrected chi connectivity index (χ0v) is 16.2. The summed E-state index contributed by atoms with van der Waals surface area (Å²) < 4.78 is 22.6. The van der Waals surface area contributed by atoms with E-state index in [1.165, 1.54) is 0 Å². The number of esters is 1. The molecule has 0 bridgehead atoms. The molecule has 0 radical (unpaired) electrons. The lowest BCUT2D eigenvalue weighted by Crippen LogP contribution is -2.62. The van der Waals surface area contributed by atoms with Crippen LogP contribution in [0.25, 0.3) is 0 Å². The Balaban J connectivity index is 1.42. The van der Waals surface area contributed by atoms with Crippen molar-refractivity contribution in [3.8, 4) is 0 Å². The molecular weight excluding hydrogens is 376 g/mol. The maximum absolute atomic E-state index is 12.3. The number of carbonyl (C=O) groups excluding carboxylic acids is 1. The van der Waals surface area contributed by atoms with Crippen LogP contribution in [-0.4, -0.2) is 53.5 Å². The van der Waals surface area contributed by atoms with E-state index >= 15 is 0 Å². The molecule has 2 N–H and O–H groups in total. The van der Waals surface area contributed by atoms with Gasteiger partial charge in [-0.05, 0) is 26.0 Å². The topological polar surface area (TPSA) is 94.5 Å². The van der Waals surface area contributed by atoms with Crippen molar-refractivity contribution >= 4 is 5.97 Å². The average Bonchev–Trinajstić information content (AvgIpc) is 2.72. The summed E-state index contributed by atoms with van der Waals surface area (Å²) in [6.45, 7) is 4.02. The van der Waals surface area contributed by atoms with Gasteiger partial charge in [0.1, 0.15) is 24.4 Å². The Morgan fingerprint density at radius 3 is 2.21 bits per heavy atom. The molecule has 154 valence electrons. The second-order valence-electron chi connectivity index (χ2n) is 7.47. The minimum Gasteiger partial charge on any atom is -0.429 e. The Kier molecular flexibility index (Phi) is 5.67. The molecule has 2 aliphatic heterocycles. The third-order valence-electron chi connectivity index (χ3n) is 5.19. The highest BCUT2D eigenvalue weighted by molar-refractivity contribution is 5.89. The largest absolute Gasteiger partial charge is 0.429 e. The number of hydrogen-bond donors (Lipinski definition) is 2. The van der Waals surface area contributed by atoms with Crippen molar-refractivity contribution in [3.05, 3.63) is 70.8 Å². The molecule has 0 unspecified atom stereocenters. The van der Waals surface area contributed by atoms with Crippen LogP contribution in [0, 0.1) is 13.8 Å². The molecule has 2 fully saturated rings. The van der Waals surface area contributed by atoms with Gasteiger partial charge in [0.25, 0.3) is 0 Å². The van der Waals surface area contributed by atoms with Crippen molar-refractivity contribution in [1.82, 2.24) is 0 Å². The highest BCUT2D eigenvalue weighted by atomic mass is 16.8. The van der Waals surface area contributed by atoms with Crippen LogP contribution < -0.4 is 0 Å². The van der Waals surface area contributed by atoms with Crippen LogP contribution in [-0.2, 0) is 18.9 Å². The third kappa shape index (κ3) is 4.19. The SMILES string of the molecule is Cc1ccc(C(=O)O[C@@H]2O[C@@H]3CO[C@@H](c4ccc(C)cc4)O[C@H]3[C@H](O)[C@H]2O)cc1. The van der Waals surface area contributed by atoms with Crippen molar-refractivity contribution < 1.29 is 34.0 Å². The first-order valence-corrected chi connectivity index (χ1v) is 9.55. The van der Waals surface area contributed by atoms with Crippen LogP contribution in [0.15, 0.2) is 48.5 Å². The quantitative estimate of drug-likeness (QED) is 0.761. The van der Waals surface area contributed by atoms with Gasteiger partial charge in [0.05, 0.1) is 12.2 Å². The fourth-order valence-electron chi connectivity index (χ4n) is 3.43. The van der Waals surface area contributed by atoms with E-state index in [0.29, 0.717) is 5.56 Å². The molecule has 2 saturated heterocycles. The lowest BCUT2D eigenvalue weighted by atomic mass is 9.98. The van der Waals surface area contributed by atoms with Gasteiger partial charge in [-0.1, -0.05) is 47.5 Å². The molecule has 7 nitrogen and oxygen atoms in total. The predicted molar refractivity (Wildman–Crippen MR) is 102 cm³/mol. The Morgan fingerprint density at radius 1 is 0.931 bits per heavy atom. The van der Waals surface area contributed by atoms with Crippen molar-refractivity contribution in [2.24, 2.45) is 0 Å². The highest BCUT2D eigenvalue weighted by Gasteiger charge is 2.50. The average molecular weight is 400 g/mol. The molecule has 4 rings (SSSR count). The van der Waals surface area contributed by atoms with Gasteiger partial charge in [0.2, 0.25) is 6.29 Å². The molecule has 0 saturated carbocycles. The normalized spacial score (nSPS) is 31.7. The number of hydrogen-bond acceptors (Lipinski definition) is 7. The standard InChI is InChI=1S/C22H24O7/c1-12-3-7-14(8-4-12)20(25)29-22-18(24)17(23)19-16(27-22)11-26-21(28-19)15-9-5-13(2)6-10-15/h3-10,16-19,21-24H,11H2,1-2H3/t16-,17-,18-,19-,21-,22+/m1/s1. The maximum Gasteiger partial charge on any atom is 0.340 e. The first-order chi connectivity index (χ1) is 13.9. The molecule has 29 heavy (non-hydrogen) atoms. The molecule has 0 aromatic heterocycles. The van der Waals surface area contributed by atoms with Crippen LogP contribution in [0.3, 0.4) is 0 Å². The summed E-state index contributed by atoms with van der Waals surface area (Å²) in [4.78, 5) is 12.3. The minimum absolute atomic E-state index is 0.131. The number of carbonyl (C=O) groups is 1. The summed E-state index contributed by atoms with van der Waals surface area (Å²) in [5.41, 5.74) is 3.26. The molecule has 0 aliphatic carbocycles. The summed E-state index contributed by atoms with van der Waals surface area (Å²) in [6.07, 6.45) is -6.20. The van der Waals surface area contributed by atoms with Crippen LogP contribution >= 0.6 is 0 Å². The summed E-state index contributed by atoms with van der Waals surface area (Å²) in [5, 5.41) is 21.0. The lowest BCUT2D eigenvalue weighted by Gasteiger charge is -2.45. The van der Waals surface area contributed by atoms with E-state index in [0.717, 1.165) is 16.7 Å². The molecule has 0 spiro atoms. The monoisotopic (exact) mass is 400 g/mol. The fourth-order valence-corrected chi connectivity index (χ4v) is 3.43. The molecule has 0 amide bonds. The van der Waals surface area contributed by atoms with E-state index in [-0.39, 0.29) is 6.61 Å². The number of aliphatic hydroxyl groups is 2. The fraction of sp³-hybridized carbons (Fsp3) is 0.409. The van der Waals surface area contributed by atoms with Crippen molar-refractivity contribution in [1.29, 1.82) is 0 Å². The van der Waals surface area contributed by atoms with Gasteiger partial charge in [-0.25, -0.2) is 4.79 Å². The Hall–Kier alpha value is -2.29. The van der Waals surface area contributed by atoms with Crippen LogP contribution in [0.1, 0.15) is 33.3 Å². The van der Waals surface area contributed by atoms with E-state index in [4.69, 9.17) is 18.9 Å². The van der Waals surface area contributed by atoms with Gasteiger partial charge in [-0.3, -0.25) is 0 Å². The zero-order chi connectivity index (χ0) is 20.5. The van der Waals surface area contributed by atoms with Gasteiger partial charge < -0.3 is 29.2 Å². The Labute approximate surface area is 168 Å². The zero-order valence-electron chi connectivity index (χ0n) is 16.2. The number of ether oxygens (including phenoxy) is 4. The first-order valence-electron chi connectivity index (χ1n) is 9.55. The summed E-state index contributed by atoms with van der Waals surface area (Å²) in [7, 11) is 0. The molecule has 6 atom stereocenters. The van der Waals surface area contributed by atoms with Gasteiger partial charge in [-0.2, -0.15) is 0 Å². The third-order valence-corrected chi connectivity index (χ3v) is 5.19. The van der Waals surface area contributed by atoms with E-state index in [2.05, 4.69) is 0 Å². The molecule has 2 aliphatic rings. The number of fused-ring (bicyclic) bond motifs is 1. The van der Waals surface area contributed by atoms with Gasteiger partial charge in [0.15, 0.2) is 6.29 Å². The van der Waals surface area contributed by atoms with E-state index in [9.17, 15) is 15.0 Å². The smallest absolute Gasteiger partial charge is 0.340 e. The second-order valence-corrected chi connectivity index (χ2v) is 7.47. The molecule has 2 aromatic carbocycles. The van der Waals surface area contributed by atoms with E-state index in [1.54, 1.807) is 24.3 Å². The van der Waals surface area contributed by atoms with E-state index in [1.807, 2.05) is 38.1 Å². The van der Waals surface area contributed by atoms with Gasteiger partial charge >= 0.3 is 5.97 Å². The lowest BCUT2D eigenvalue weighted by molar-refractivity contribution is -0.353. The summed E-state index contributed by atoms with van der Waals surface area (Å²) in [6, 6.07) is 14.5. The highest BCUT2D eigenvalue weighted by Crippen LogP contribution is 2.34. The predicted octanol–water partition coefficient (Wildman–Crippen LogP) is 2.02. The Bertz CT molecular complexity index is 846. The van der Waals surface area contributed by atoms with Crippen LogP contribution in [0.5, 0.6) is 0 Å². The van der Waals surface area contributed by atoms with E-state index < -0.39 is 43.0 Å². The number of rotatable bonds is 3. The molecule has 7 heteroatoms. The second kappa shape index (κ2) is 8.22. The van der Waals surface area contributed by atoms with Crippen LogP contribution in [0.4, 0.5) is 0 Å². The Morgan fingerprint density at radius 2 is 1.55 bits per heavy atom. The molecule has 2 heterocycles. The molecular formula is C22H24O7. The number of aliphatic hydroxyl groups excluding tert-OH is 2. The number of benzene rings is 2. The summed E-state index contributed by atoms with van der Waals surface area (Å²) >= 11 is 0. The minimum atomic E-state index is -1.44. The number of aryl methyl sites for hydroxylation is 2. The van der Waals surface area contributed by atoms with Gasteiger partial charge in [-0.15, -0.1) is 0 Å².